The lowest BCUT2D eigenvalue weighted by atomic mass is 9.91. The molecule has 108 valence electrons. The Labute approximate surface area is 115 Å². The van der Waals surface area contributed by atoms with E-state index in [1.807, 2.05) is 6.92 Å². The number of piperidine rings is 1. The van der Waals surface area contributed by atoms with Crippen LogP contribution in [0.4, 0.5) is 14.9 Å². The number of aromatic nitrogens is 1. The van der Waals surface area contributed by atoms with Gasteiger partial charge in [-0.05, 0) is 12.3 Å². The number of hydrogen-bond donors (Lipinski definition) is 2. The molecule has 7 heteroatoms. The second-order valence-electron chi connectivity index (χ2n) is 5.10. The molecule has 1 aliphatic heterocycles. The first-order chi connectivity index (χ1) is 9.45. The van der Waals surface area contributed by atoms with Gasteiger partial charge < -0.3 is 15.3 Å². The van der Waals surface area contributed by atoms with Gasteiger partial charge in [0, 0.05) is 19.2 Å². The van der Waals surface area contributed by atoms with Crippen molar-refractivity contribution in [2.45, 2.75) is 13.3 Å². The summed E-state index contributed by atoms with van der Waals surface area (Å²) in [6.07, 6.45) is 2.93. The topological polar surface area (TPSA) is 82.5 Å². The molecule has 0 saturated carbocycles. The molecule has 1 aliphatic rings. The predicted molar refractivity (Wildman–Crippen MR) is 69.7 cm³/mol. The van der Waals surface area contributed by atoms with E-state index >= 15 is 0 Å². The minimum Gasteiger partial charge on any atom is -0.481 e. The van der Waals surface area contributed by atoms with Crippen molar-refractivity contribution < 1.29 is 19.1 Å². The molecule has 20 heavy (non-hydrogen) atoms. The average Bonchev–Trinajstić information content (AvgIpc) is 2.37. The number of nitrogens with one attached hydrogen (secondary N) is 1. The van der Waals surface area contributed by atoms with Gasteiger partial charge in [0.25, 0.3) is 0 Å². The van der Waals surface area contributed by atoms with E-state index < -0.39 is 23.7 Å². The van der Waals surface area contributed by atoms with E-state index in [9.17, 15) is 14.0 Å². The van der Waals surface area contributed by atoms with Gasteiger partial charge in [-0.2, -0.15) is 0 Å². The summed E-state index contributed by atoms with van der Waals surface area (Å²) in [4.78, 5) is 28.2. The second kappa shape index (κ2) is 5.85. The highest BCUT2D eigenvalue weighted by atomic mass is 19.1. The van der Waals surface area contributed by atoms with Gasteiger partial charge in [-0.1, -0.05) is 6.92 Å². The first-order valence-corrected chi connectivity index (χ1v) is 6.35. The fraction of sp³-hybridized carbons (Fsp3) is 0.462. The number of rotatable bonds is 2. The Morgan fingerprint density at radius 1 is 1.45 bits per heavy atom. The van der Waals surface area contributed by atoms with E-state index in [0.29, 0.717) is 13.0 Å². The molecular formula is C13H16FN3O3. The number of carbonyl (C=O) groups excluding carboxylic acids is 1. The molecule has 2 unspecified atom stereocenters. The Kier molecular flexibility index (Phi) is 4.16. The quantitative estimate of drug-likeness (QED) is 0.866. The molecule has 0 bridgehead atoms. The van der Waals surface area contributed by atoms with E-state index in [4.69, 9.17) is 5.11 Å². The highest BCUT2D eigenvalue weighted by Gasteiger charge is 2.31. The van der Waals surface area contributed by atoms with Crippen molar-refractivity contribution in [1.82, 2.24) is 9.88 Å². The van der Waals surface area contributed by atoms with Crippen LogP contribution in [0.15, 0.2) is 18.5 Å². The first-order valence-electron chi connectivity index (χ1n) is 6.35. The molecule has 2 amide bonds. The van der Waals surface area contributed by atoms with Crippen LogP contribution in [-0.4, -0.2) is 40.1 Å². The highest BCUT2D eigenvalue weighted by Crippen LogP contribution is 2.22. The molecule has 1 fully saturated rings. The van der Waals surface area contributed by atoms with Gasteiger partial charge >= 0.3 is 12.0 Å². The average molecular weight is 281 g/mol. The van der Waals surface area contributed by atoms with E-state index in [1.54, 1.807) is 0 Å². The maximum atomic E-state index is 13.0. The van der Waals surface area contributed by atoms with Crippen molar-refractivity contribution in [2.24, 2.45) is 11.8 Å². The standard InChI is InChI=1S/C13H16FN3O3/c1-8-2-9(12(18)19)7-17(6-8)13(20)16-11-3-10(14)4-15-5-11/h3-5,8-9H,2,6-7H2,1H3,(H,16,20)(H,18,19). The highest BCUT2D eigenvalue weighted by molar-refractivity contribution is 5.89. The molecule has 2 atom stereocenters. The summed E-state index contributed by atoms with van der Waals surface area (Å²) in [6, 6.07) is 0.725. The van der Waals surface area contributed by atoms with Crippen LogP contribution in [0.25, 0.3) is 0 Å². The molecular weight excluding hydrogens is 265 g/mol. The Balaban J connectivity index is 2.03. The summed E-state index contributed by atoms with van der Waals surface area (Å²) in [6.45, 7) is 2.55. The van der Waals surface area contributed by atoms with Crippen molar-refractivity contribution in [3.05, 3.63) is 24.3 Å². The number of carbonyl (C=O) groups is 2. The summed E-state index contributed by atoms with van der Waals surface area (Å²) < 4.78 is 13.0. The summed E-state index contributed by atoms with van der Waals surface area (Å²) in [7, 11) is 0. The van der Waals surface area contributed by atoms with Gasteiger partial charge in [-0.3, -0.25) is 9.78 Å². The number of aliphatic carboxylic acids is 1. The van der Waals surface area contributed by atoms with Crippen LogP contribution >= 0.6 is 0 Å². The van der Waals surface area contributed by atoms with Crippen LogP contribution < -0.4 is 5.32 Å². The van der Waals surface area contributed by atoms with E-state index in [-0.39, 0.29) is 18.2 Å². The molecule has 1 aromatic rings. The Morgan fingerprint density at radius 3 is 2.85 bits per heavy atom. The summed E-state index contributed by atoms with van der Waals surface area (Å²) >= 11 is 0. The van der Waals surface area contributed by atoms with Gasteiger partial charge in [0.2, 0.25) is 0 Å². The number of likely N-dealkylation sites (tertiary alicyclic amines) is 1. The lowest BCUT2D eigenvalue weighted by molar-refractivity contribution is -0.143. The fourth-order valence-corrected chi connectivity index (χ4v) is 2.38. The number of carboxylic acid groups (broad SMARTS) is 1. The first kappa shape index (κ1) is 14.2. The molecule has 6 nitrogen and oxygen atoms in total. The van der Waals surface area contributed by atoms with Crippen molar-refractivity contribution in [2.75, 3.05) is 18.4 Å². The monoisotopic (exact) mass is 281 g/mol. The van der Waals surface area contributed by atoms with Gasteiger partial charge in [0.05, 0.1) is 24.0 Å². The van der Waals surface area contributed by atoms with Crippen molar-refractivity contribution in [1.29, 1.82) is 0 Å². The number of carboxylic acids is 1. The van der Waals surface area contributed by atoms with Crippen LogP contribution in [0.1, 0.15) is 13.3 Å². The van der Waals surface area contributed by atoms with Crippen LogP contribution in [-0.2, 0) is 4.79 Å². The molecule has 0 aromatic carbocycles. The molecule has 2 rings (SSSR count). The third-order valence-corrected chi connectivity index (χ3v) is 3.25. The predicted octanol–water partition coefficient (Wildman–Crippen LogP) is 1.80. The second-order valence-corrected chi connectivity index (χ2v) is 5.10. The van der Waals surface area contributed by atoms with E-state index in [0.717, 1.165) is 12.3 Å². The minimum absolute atomic E-state index is 0.112. The third kappa shape index (κ3) is 3.43. The maximum absolute atomic E-state index is 13.0. The SMILES string of the molecule is CC1CC(C(=O)O)CN(C(=O)Nc2cncc(F)c2)C1. The molecule has 2 heterocycles. The zero-order valence-electron chi connectivity index (χ0n) is 11.0. The minimum atomic E-state index is -0.901. The van der Waals surface area contributed by atoms with Crippen molar-refractivity contribution in [3.8, 4) is 0 Å². The smallest absolute Gasteiger partial charge is 0.321 e. The number of halogens is 1. The summed E-state index contributed by atoms with van der Waals surface area (Å²) in [5.41, 5.74) is 0.250. The zero-order chi connectivity index (χ0) is 14.7. The third-order valence-electron chi connectivity index (χ3n) is 3.25. The largest absolute Gasteiger partial charge is 0.481 e. The fourth-order valence-electron chi connectivity index (χ4n) is 2.38. The molecule has 0 aliphatic carbocycles. The molecule has 2 N–H and O–H groups in total. The van der Waals surface area contributed by atoms with E-state index in [2.05, 4.69) is 10.3 Å². The van der Waals surface area contributed by atoms with Crippen molar-refractivity contribution in [3.63, 3.8) is 0 Å². The summed E-state index contributed by atoms with van der Waals surface area (Å²) in [5.74, 6) is -1.89. The summed E-state index contributed by atoms with van der Waals surface area (Å²) in [5, 5.41) is 11.6. The lowest BCUT2D eigenvalue weighted by Gasteiger charge is -2.34. The van der Waals surface area contributed by atoms with E-state index in [1.165, 1.54) is 11.1 Å². The van der Waals surface area contributed by atoms with Gasteiger partial charge in [0.15, 0.2) is 0 Å². The molecule has 0 radical (unpaired) electrons. The van der Waals surface area contributed by atoms with Gasteiger partial charge in [-0.25, -0.2) is 9.18 Å². The zero-order valence-corrected chi connectivity index (χ0v) is 11.0. The molecule has 1 aromatic heterocycles. The Hall–Kier alpha value is -2.18. The van der Waals surface area contributed by atoms with Crippen LogP contribution in [0.5, 0.6) is 0 Å². The number of nitrogens with zero attached hydrogens (tertiary/aromatic N) is 2. The Bertz CT molecular complexity index is 523. The number of hydrogen-bond acceptors (Lipinski definition) is 3. The lowest BCUT2D eigenvalue weighted by Crippen LogP contribution is -2.47. The van der Waals surface area contributed by atoms with Crippen LogP contribution in [0.3, 0.4) is 0 Å². The molecule has 1 saturated heterocycles. The van der Waals surface area contributed by atoms with Gasteiger partial charge in [0.1, 0.15) is 5.82 Å². The normalized spacial score (nSPS) is 22.4. The maximum Gasteiger partial charge on any atom is 0.321 e. The number of pyridine rings is 1. The number of amides is 2. The van der Waals surface area contributed by atoms with Crippen LogP contribution in [0, 0.1) is 17.7 Å². The Morgan fingerprint density at radius 2 is 2.20 bits per heavy atom. The van der Waals surface area contributed by atoms with Crippen molar-refractivity contribution >= 4 is 17.7 Å². The molecule has 0 spiro atoms. The number of anilines is 1. The van der Waals surface area contributed by atoms with Crippen LogP contribution in [0.2, 0.25) is 0 Å². The number of urea groups is 1. The van der Waals surface area contributed by atoms with Gasteiger partial charge in [-0.15, -0.1) is 0 Å².